The number of anilines is 1. The lowest BCUT2D eigenvalue weighted by atomic mass is 9.72. The van der Waals surface area contributed by atoms with E-state index in [9.17, 15) is 4.79 Å². The van der Waals surface area contributed by atoms with Gasteiger partial charge in [0.1, 0.15) is 0 Å². The van der Waals surface area contributed by atoms with Crippen molar-refractivity contribution in [2.24, 2.45) is 11.8 Å². The lowest BCUT2D eigenvalue weighted by molar-refractivity contribution is 0.120. The van der Waals surface area contributed by atoms with E-state index in [0.717, 1.165) is 41.5 Å². The summed E-state index contributed by atoms with van der Waals surface area (Å²) in [5.41, 5.74) is 4.40. The van der Waals surface area contributed by atoms with Crippen molar-refractivity contribution in [3.8, 4) is 0 Å². The second kappa shape index (κ2) is 10.3. The van der Waals surface area contributed by atoms with Gasteiger partial charge in [-0.15, -0.1) is 0 Å². The number of amides is 2. The molecule has 2 aliphatic rings. The van der Waals surface area contributed by atoms with Crippen LogP contribution in [0.3, 0.4) is 0 Å². The van der Waals surface area contributed by atoms with E-state index < -0.39 is 0 Å². The average molecular weight is 419 g/mol. The maximum atomic E-state index is 13.5. The van der Waals surface area contributed by atoms with Crippen LogP contribution in [0.5, 0.6) is 0 Å². The van der Waals surface area contributed by atoms with Crippen LogP contribution in [0.15, 0.2) is 48.5 Å². The molecule has 2 aromatic carbocycles. The molecule has 2 saturated carbocycles. The number of carbonyl (C=O) groups excluding carboxylic acids is 1. The van der Waals surface area contributed by atoms with E-state index in [4.69, 9.17) is 0 Å². The van der Waals surface area contributed by atoms with Gasteiger partial charge in [0, 0.05) is 18.3 Å². The predicted octanol–water partition coefficient (Wildman–Crippen LogP) is 7.48. The van der Waals surface area contributed by atoms with E-state index in [1.54, 1.807) is 0 Å². The van der Waals surface area contributed by atoms with E-state index in [2.05, 4.69) is 66.5 Å². The Balaban J connectivity index is 1.47. The van der Waals surface area contributed by atoms with Gasteiger partial charge < -0.3 is 10.2 Å². The summed E-state index contributed by atoms with van der Waals surface area (Å²) in [7, 11) is 0. The molecule has 0 radical (unpaired) electrons. The third kappa shape index (κ3) is 5.50. The number of urea groups is 1. The zero-order chi connectivity index (χ0) is 21.6. The third-order valence-electron chi connectivity index (χ3n) is 7.67. The van der Waals surface area contributed by atoms with E-state index in [1.165, 1.54) is 50.5 Å². The molecular weight excluding hydrogens is 380 g/mol. The molecule has 1 N–H and O–H groups in total. The van der Waals surface area contributed by atoms with Crippen molar-refractivity contribution in [2.75, 3.05) is 5.32 Å². The van der Waals surface area contributed by atoms with E-state index >= 15 is 0 Å². The van der Waals surface area contributed by atoms with Crippen LogP contribution in [0.25, 0.3) is 0 Å². The number of benzene rings is 2. The Morgan fingerprint density at radius 2 is 1.42 bits per heavy atom. The van der Waals surface area contributed by atoms with Crippen LogP contribution < -0.4 is 5.32 Å². The molecule has 31 heavy (non-hydrogen) atoms. The van der Waals surface area contributed by atoms with Crippen LogP contribution in [0, 0.1) is 25.7 Å². The van der Waals surface area contributed by atoms with Crippen molar-refractivity contribution in [1.29, 1.82) is 0 Å². The van der Waals surface area contributed by atoms with Crippen molar-refractivity contribution >= 4 is 11.7 Å². The minimum atomic E-state index is 0.0439. The zero-order valence-electron chi connectivity index (χ0n) is 19.3. The summed E-state index contributed by atoms with van der Waals surface area (Å²) in [6.07, 6.45) is 11.9. The molecule has 0 heterocycles. The average Bonchev–Trinajstić information content (AvgIpc) is 2.81. The molecule has 0 bridgehead atoms. The number of nitrogens with zero attached hydrogens (tertiary/aromatic N) is 1. The molecular formula is C28H38N2O. The van der Waals surface area contributed by atoms with Crippen molar-refractivity contribution in [2.45, 2.75) is 84.2 Å². The fourth-order valence-electron chi connectivity index (χ4n) is 5.83. The summed E-state index contributed by atoms with van der Waals surface area (Å²) in [6, 6.07) is 17.0. The van der Waals surface area contributed by atoms with Crippen molar-refractivity contribution < 1.29 is 4.79 Å². The monoisotopic (exact) mass is 418 g/mol. The van der Waals surface area contributed by atoms with Crippen LogP contribution in [0.1, 0.15) is 74.5 Å². The number of rotatable bonds is 5. The lowest BCUT2D eigenvalue weighted by Gasteiger charge is -2.40. The molecule has 3 heteroatoms. The highest BCUT2D eigenvalue weighted by molar-refractivity contribution is 5.91. The smallest absolute Gasteiger partial charge is 0.317 e. The predicted molar refractivity (Wildman–Crippen MR) is 129 cm³/mol. The van der Waals surface area contributed by atoms with Crippen molar-refractivity contribution in [3.05, 3.63) is 65.2 Å². The molecule has 2 aliphatic carbocycles. The molecule has 0 unspecified atom stereocenters. The molecule has 0 aromatic heterocycles. The van der Waals surface area contributed by atoms with Gasteiger partial charge in [0.05, 0.1) is 0 Å². The minimum absolute atomic E-state index is 0.0439. The number of aryl methyl sites for hydroxylation is 2. The van der Waals surface area contributed by atoms with Gasteiger partial charge in [-0.3, -0.25) is 0 Å². The van der Waals surface area contributed by atoms with Gasteiger partial charge in [-0.05, 0) is 68.1 Å². The Kier molecular flexibility index (Phi) is 7.32. The maximum absolute atomic E-state index is 13.5. The Hall–Kier alpha value is -2.29. The first kappa shape index (κ1) is 21.9. The summed E-state index contributed by atoms with van der Waals surface area (Å²) in [5.74, 6) is 1.80. The van der Waals surface area contributed by atoms with Crippen LogP contribution >= 0.6 is 0 Å². The van der Waals surface area contributed by atoms with Gasteiger partial charge in [-0.2, -0.15) is 0 Å². The summed E-state index contributed by atoms with van der Waals surface area (Å²) in [6.45, 7) is 4.81. The van der Waals surface area contributed by atoms with Crippen molar-refractivity contribution in [1.82, 2.24) is 4.90 Å². The van der Waals surface area contributed by atoms with Gasteiger partial charge in [0.15, 0.2) is 0 Å². The molecule has 2 amide bonds. The maximum Gasteiger partial charge on any atom is 0.322 e. The molecule has 0 saturated heterocycles. The summed E-state index contributed by atoms with van der Waals surface area (Å²) in [4.78, 5) is 15.6. The first-order valence-corrected chi connectivity index (χ1v) is 12.3. The second-order valence-electron chi connectivity index (χ2n) is 9.78. The van der Waals surface area contributed by atoms with Gasteiger partial charge in [-0.25, -0.2) is 4.79 Å². The van der Waals surface area contributed by atoms with Crippen LogP contribution in [0.2, 0.25) is 0 Å². The van der Waals surface area contributed by atoms with Crippen LogP contribution in [-0.4, -0.2) is 17.0 Å². The highest BCUT2D eigenvalue weighted by Gasteiger charge is 2.33. The lowest BCUT2D eigenvalue weighted by Crippen LogP contribution is -2.44. The second-order valence-corrected chi connectivity index (χ2v) is 9.78. The minimum Gasteiger partial charge on any atom is -0.317 e. The molecule has 4 rings (SSSR count). The van der Waals surface area contributed by atoms with E-state index in [1.807, 2.05) is 6.07 Å². The normalized spacial score (nSPS) is 22.1. The summed E-state index contributed by atoms with van der Waals surface area (Å²) in [5, 5.41) is 3.26. The molecule has 2 fully saturated rings. The Morgan fingerprint density at radius 1 is 0.806 bits per heavy atom. The number of hydrogen-bond acceptors (Lipinski definition) is 1. The fourth-order valence-corrected chi connectivity index (χ4v) is 5.83. The number of carbonyl (C=O) groups is 1. The largest absolute Gasteiger partial charge is 0.322 e. The van der Waals surface area contributed by atoms with Gasteiger partial charge >= 0.3 is 6.03 Å². The molecule has 0 spiro atoms. The topological polar surface area (TPSA) is 32.3 Å². The Morgan fingerprint density at radius 3 is 2.06 bits per heavy atom. The molecule has 0 atom stereocenters. The Bertz CT molecular complexity index is 828. The fraction of sp³-hybridized carbons (Fsp3) is 0.536. The van der Waals surface area contributed by atoms with E-state index in [-0.39, 0.29) is 6.03 Å². The van der Waals surface area contributed by atoms with Gasteiger partial charge in [-0.1, -0.05) is 80.6 Å². The SMILES string of the molecule is Cc1cccc(C)c1NC(=O)N(Cc1ccccc1)C1CCC(C2CCCCC2)CC1. The highest BCUT2D eigenvalue weighted by Crippen LogP contribution is 2.39. The van der Waals surface area contributed by atoms with Crippen LogP contribution in [-0.2, 0) is 6.54 Å². The van der Waals surface area contributed by atoms with Gasteiger partial charge in [0.25, 0.3) is 0 Å². The van der Waals surface area contributed by atoms with E-state index in [0.29, 0.717) is 12.6 Å². The summed E-state index contributed by atoms with van der Waals surface area (Å²) >= 11 is 0. The first-order valence-electron chi connectivity index (χ1n) is 12.3. The number of para-hydroxylation sites is 1. The quantitative estimate of drug-likeness (QED) is 0.536. The van der Waals surface area contributed by atoms with Gasteiger partial charge in [0.2, 0.25) is 0 Å². The molecule has 3 nitrogen and oxygen atoms in total. The molecule has 166 valence electrons. The zero-order valence-corrected chi connectivity index (χ0v) is 19.3. The molecule has 0 aliphatic heterocycles. The highest BCUT2D eigenvalue weighted by atomic mass is 16.2. The van der Waals surface area contributed by atoms with Crippen LogP contribution in [0.4, 0.5) is 10.5 Å². The molecule has 2 aromatic rings. The number of hydrogen-bond donors (Lipinski definition) is 1. The first-order chi connectivity index (χ1) is 15.1. The third-order valence-corrected chi connectivity index (χ3v) is 7.67. The Labute approximate surface area is 188 Å². The standard InChI is InChI=1S/C28H38N2O/c1-21-10-9-11-22(2)27(21)29-28(31)30(20-23-12-5-3-6-13-23)26-18-16-25(17-19-26)24-14-7-4-8-15-24/h3,5-6,9-13,24-26H,4,7-8,14-20H2,1-2H3,(H,29,31). The van der Waals surface area contributed by atoms with Crippen molar-refractivity contribution in [3.63, 3.8) is 0 Å². The summed E-state index contributed by atoms with van der Waals surface area (Å²) < 4.78 is 0. The number of nitrogens with one attached hydrogen (secondary N) is 1.